The van der Waals surface area contributed by atoms with Crippen molar-refractivity contribution in [1.82, 2.24) is 19.9 Å². The van der Waals surface area contributed by atoms with E-state index >= 15 is 0 Å². The largest absolute Gasteiger partial charge is 0.466 e. The Kier molecular flexibility index (Phi) is 5.96. The molecule has 160 valence electrons. The van der Waals surface area contributed by atoms with E-state index in [1.165, 1.54) is 4.57 Å². The molecule has 0 fully saturated rings. The second-order valence-electron chi connectivity index (χ2n) is 8.33. The van der Waals surface area contributed by atoms with Gasteiger partial charge in [0.05, 0.1) is 10.9 Å². The lowest BCUT2D eigenvalue weighted by Crippen LogP contribution is -2.34. The third-order valence-corrected chi connectivity index (χ3v) is 4.94. The van der Waals surface area contributed by atoms with Crippen molar-refractivity contribution in [3.05, 3.63) is 61.3 Å². The predicted octanol–water partition coefficient (Wildman–Crippen LogP) is 3.00. The number of pyridine rings is 1. The van der Waals surface area contributed by atoms with Crippen LogP contribution in [0.2, 0.25) is 0 Å². The fraction of sp³-hybridized carbons (Fsp3) is 0.455. The second-order valence-corrected chi connectivity index (χ2v) is 8.33. The Bertz CT molecular complexity index is 1210. The van der Waals surface area contributed by atoms with Crippen LogP contribution >= 0.6 is 0 Å². The van der Waals surface area contributed by atoms with Crippen LogP contribution in [0.1, 0.15) is 66.7 Å². The molecule has 0 saturated heterocycles. The van der Waals surface area contributed by atoms with Gasteiger partial charge in [-0.15, -0.1) is 0 Å². The molecule has 1 amide bonds. The lowest BCUT2D eigenvalue weighted by atomic mass is 10.0. The average molecular weight is 412 g/mol. The Morgan fingerprint density at radius 3 is 2.47 bits per heavy atom. The Morgan fingerprint density at radius 1 is 1.20 bits per heavy atom. The first-order valence-corrected chi connectivity index (χ1v) is 10.1. The number of nitrogens with zero attached hydrogens (tertiary/aromatic N) is 2. The highest BCUT2D eigenvalue weighted by atomic mass is 16.3. The van der Waals surface area contributed by atoms with Gasteiger partial charge in [0.2, 0.25) is 0 Å². The number of H-pyrrole nitrogens is 1. The van der Waals surface area contributed by atoms with Crippen LogP contribution in [0.25, 0.3) is 11.0 Å². The summed E-state index contributed by atoms with van der Waals surface area (Å²) >= 11 is 0. The fourth-order valence-electron chi connectivity index (χ4n) is 3.43. The molecule has 0 aliphatic rings. The molecule has 0 atom stereocenters. The van der Waals surface area contributed by atoms with Gasteiger partial charge < -0.3 is 9.73 Å². The summed E-state index contributed by atoms with van der Waals surface area (Å²) in [5.74, 6) is 1.27. The topological polar surface area (TPSA) is 110 Å². The molecule has 0 aliphatic heterocycles. The van der Waals surface area contributed by atoms with Crippen molar-refractivity contribution in [2.75, 3.05) is 0 Å². The van der Waals surface area contributed by atoms with Crippen molar-refractivity contribution in [1.29, 1.82) is 0 Å². The van der Waals surface area contributed by atoms with Crippen molar-refractivity contribution in [3.8, 4) is 0 Å². The van der Waals surface area contributed by atoms with Crippen LogP contribution in [0.5, 0.6) is 0 Å². The van der Waals surface area contributed by atoms with E-state index in [0.717, 1.165) is 17.1 Å². The zero-order valence-electron chi connectivity index (χ0n) is 18.3. The van der Waals surface area contributed by atoms with Gasteiger partial charge in [-0.25, -0.2) is 9.78 Å². The minimum atomic E-state index is -0.613. The van der Waals surface area contributed by atoms with Gasteiger partial charge in [0, 0.05) is 24.3 Å². The molecule has 3 aromatic heterocycles. The molecule has 3 aromatic rings. The summed E-state index contributed by atoms with van der Waals surface area (Å²) in [5.41, 5.74) is 0.827. The van der Waals surface area contributed by atoms with Gasteiger partial charge in [0.15, 0.2) is 5.65 Å². The monoisotopic (exact) mass is 412 g/mol. The Morgan fingerprint density at radius 2 is 1.90 bits per heavy atom. The summed E-state index contributed by atoms with van der Waals surface area (Å²) in [7, 11) is 0. The first-order chi connectivity index (χ1) is 14.1. The molecule has 0 radical (unpaired) electrons. The van der Waals surface area contributed by atoms with Crippen LogP contribution in [-0.4, -0.2) is 20.4 Å². The lowest BCUT2D eigenvalue weighted by Gasteiger charge is -2.16. The molecular formula is C22H28N4O4. The summed E-state index contributed by atoms with van der Waals surface area (Å²) in [6.07, 6.45) is 0. The summed E-state index contributed by atoms with van der Waals surface area (Å²) in [5, 5.41) is 2.99. The van der Waals surface area contributed by atoms with Gasteiger partial charge in [0.1, 0.15) is 11.5 Å². The highest BCUT2D eigenvalue weighted by Gasteiger charge is 2.21. The molecule has 3 heterocycles. The van der Waals surface area contributed by atoms with Crippen molar-refractivity contribution in [2.24, 2.45) is 5.92 Å². The minimum absolute atomic E-state index is 0.0154. The number of carbonyl (C=O) groups is 1. The highest BCUT2D eigenvalue weighted by Crippen LogP contribution is 2.21. The first-order valence-electron chi connectivity index (χ1n) is 10.1. The third kappa shape index (κ3) is 4.22. The number of nitrogens with one attached hydrogen (secondary N) is 2. The number of hydrogen-bond donors (Lipinski definition) is 2. The summed E-state index contributed by atoms with van der Waals surface area (Å²) in [6.45, 7) is 12.2. The first kappa shape index (κ1) is 21.5. The van der Waals surface area contributed by atoms with Crippen LogP contribution < -0.4 is 16.6 Å². The van der Waals surface area contributed by atoms with E-state index in [9.17, 15) is 14.4 Å². The van der Waals surface area contributed by atoms with E-state index in [2.05, 4.69) is 15.3 Å². The van der Waals surface area contributed by atoms with Crippen LogP contribution in [0.15, 0.2) is 26.1 Å². The number of aryl methyl sites for hydroxylation is 2. The molecule has 0 bridgehead atoms. The van der Waals surface area contributed by atoms with E-state index in [0.29, 0.717) is 12.2 Å². The molecule has 8 nitrogen and oxygen atoms in total. The van der Waals surface area contributed by atoms with Gasteiger partial charge in [-0.2, -0.15) is 0 Å². The van der Waals surface area contributed by atoms with Crippen LogP contribution in [-0.2, 0) is 13.1 Å². The van der Waals surface area contributed by atoms with Gasteiger partial charge in [-0.1, -0.05) is 27.7 Å². The maximum Gasteiger partial charge on any atom is 0.330 e. The molecule has 0 unspecified atom stereocenters. The van der Waals surface area contributed by atoms with Gasteiger partial charge in [-0.05, 0) is 37.8 Å². The highest BCUT2D eigenvalue weighted by molar-refractivity contribution is 6.05. The third-order valence-electron chi connectivity index (χ3n) is 4.94. The zero-order chi connectivity index (χ0) is 22.2. The molecule has 2 N–H and O–H groups in total. The Hall–Kier alpha value is -3.16. The number of aromatic amines is 1. The van der Waals surface area contributed by atoms with Crippen molar-refractivity contribution >= 4 is 16.9 Å². The smallest absolute Gasteiger partial charge is 0.330 e. The van der Waals surface area contributed by atoms with Crippen molar-refractivity contribution in [2.45, 2.75) is 60.5 Å². The Balaban J connectivity index is 2.14. The maximum atomic E-state index is 13.1. The van der Waals surface area contributed by atoms with Crippen molar-refractivity contribution < 1.29 is 9.21 Å². The molecular weight excluding hydrogens is 384 g/mol. The summed E-state index contributed by atoms with van der Waals surface area (Å²) in [4.78, 5) is 45.1. The minimum Gasteiger partial charge on any atom is -0.466 e. The van der Waals surface area contributed by atoms with E-state index in [-0.39, 0.29) is 35.0 Å². The van der Waals surface area contributed by atoms with Crippen LogP contribution in [0.4, 0.5) is 0 Å². The molecule has 0 aromatic carbocycles. The number of aromatic nitrogens is 3. The standard InChI is InChI=1S/C22H28N4O4/c1-11(2)10-26-19-18(21(28)25-22(26)29)16(8-17(24-19)12(3)4)20(27)23-9-15-7-13(5)30-14(15)6/h7-8,11-12H,9-10H2,1-6H3,(H,23,27)(H,25,28,29). The van der Waals surface area contributed by atoms with E-state index < -0.39 is 17.2 Å². The number of carbonyl (C=O) groups excluding carboxylic acids is 1. The summed E-state index contributed by atoms with van der Waals surface area (Å²) < 4.78 is 6.94. The number of furan rings is 1. The van der Waals surface area contributed by atoms with Crippen LogP contribution in [0.3, 0.4) is 0 Å². The normalized spacial score (nSPS) is 11.6. The van der Waals surface area contributed by atoms with Crippen LogP contribution in [0, 0.1) is 19.8 Å². The second kappa shape index (κ2) is 8.30. The molecule has 3 rings (SSSR count). The Labute approximate surface area is 174 Å². The predicted molar refractivity (Wildman–Crippen MR) is 115 cm³/mol. The molecule has 30 heavy (non-hydrogen) atoms. The number of rotatable bonds is 6. The van der Waals surface area contributed by atoms with E-state index in [1.54, 1.807) is 6.07 Å². The molecule has 0 spiro atoms. The molecule has 0 aliphatic carbocycles. The lowest BCUT2D eigenvalue weighted by molar-refractivity contribution is 0.0952. The fourth-order valence-corrected chi connectivity index (χ4v) is 3.43. The average Bonchev–Trinajstić information content (AvgIpc) is 2.98. The van der Waals surface area contributed by atoms with Gasteiger partial charge in [0.25, 0.3) is 11.5 Å². The zero-order valence-corrected chi connectivity index (χ0v) is 18.3. The van der Waals surface area contributed by atoms with Gasteiger partial charge >= 0.3 is 5.69 Å². The number of fused-ring (bicyclic) bond motifs is 1. The van der Waals surface area contributed by atoms with E-state index in [4.69, 9.17) is 4.42 Å². The maximum absolute atomic E-state index is 13.1. The number of amides is 1. The van der Waals surface area contributed by atoms with Crippen molar-refractivity contribution in [3.63, 3.8) is 0 Å². The quantitative estimate of drug-likeness (QED) is 0.647. The summed E-state index contributed by atoms with van der Waals surface area (Å²) in [6, 6.07) is 3.50. The molecule has 0 saturated carbocycles. The van der Waals surface area contributed by atoms with E-state index in [1.807, 2.05) is 47.6 Å². The number of hydrogen-bond acceptors (Lipinski definition) is 5. The van der Waals surface area contributed by atoms with Gasteiger partial charge in [-0.3, -0.25) is 19.1 Å². The molecule has 8 heteroatoms. The SMILES string of the molecule is Cc1cc(CNC(=O)c2cc(C(C)C)nc3c2c(=O)[nH]c(=O)n3CC(C)C)c(C)o1.